The van der Waals surface area contributed by atoms with Crippen molar-refractivity contribution >= 4 is 11.7 Å². The first-order valence-corrected chi connectivity index (χ1v) is 10.4. The standard InChI is InChI=1S/C23H33NO6/c1-7-29-19-13-16(8-9-18(19)30-15(4)5)21-20(17(25)12-14(2)3)22(26)23(27)24(21)10-11-28-6/h8-9,13-15,21,26H,7,10-12H2,1-6H3. The molecule has 0 aliphatic carbocycles. The molecule has 0 fully saturated rings. The van der Waals surface area contributed by atoms with Crippen LogP contribution in [0.3, 0.4) is 0 Å². The molecule has 1 aliphatic heterocycles. The van der Waals surface area contributed by atoms with Gasteiger partial charge in [0.05, 0.1) is 30.9 Å². The second-order valence-electron chi connectivity index (χ2n) is 7.98. The number of benzene rings is 1. The summed E-state index contributed by atoms with van der Waals surface area (Å²) in [7, 11) is 1.54. The van der Waals surface area contributed by atoms with E-state index in [0.29, 0.717) is 23.7 Å². The molecule has 0 aromatic heterocycles. The van der Waals surface area contributed by atoms with E-state index in [4.69, 9.17) is 14.2 Å². The molecule has 7 heteroatoms. The molecule has 30 heavy (non-hydrogen) atoms. The predicted molar refractivity (Wildman–Crippen MR) is 114 cm³/mol. The monoisotopic (exact) mass is 419 g/mol. The van der Waals surface area contributed by atoms with Crippen LogP contribution in [0.5, 0.6) is 11.5 Å². The Hall–Kier alpha value is -2.54. The van der Waals surface area contributed by atoms with Gasteiger partial charge in [-0.3, -0.25) is 9.59 Å². The number of carbonyl (C=O) groups excluding carboxylic acids is 2. The van der Waals surface area contributed by atoms with E-state index >= 15 is 0 Å². The van der Waals surface area contributed by atoms with Crippen molar-refractivity contribution in [1.82, 2.24) is 4.90 Å². The molecule has 2 rings (SSSR count). The zero-order chi connectivity index (χ0) is 22.4. The molecule has 1 heterocycles. The normalized spacial score (nSPS) is 16.7. The van der Waals surface area contributed by atoms with Gasteiger partial charge in [-0.05, 0) is 44.4 Å². The van der Waals surface area contributed by atoms with Gasteiger partial charge in [0.2, 0.25) is 0 Å². The number of nitrogens with zero attached hydrogens (tertiary/aromatic N) is 1. The van der Waals surface area contributed by atoms with E-state index in [0.717, 1.165) is 0 Å². The molecule has 0 saturated carbocycles. The van der Waals surface area contributed by atoms with Crippen LogP contribution < -0.4 is 9.47 Å². The van der Waals surface area contributed by atoms with Gasteiger partial charge in [0.25, 0.3) is 5.91 Å². The Bertz CT molecular complexity index is 799. The maximum absolute atomic E-state index is 13.0. The molecule has 1 amide bonds. The second kappa shape index (κ2) is 10.5. The van der Waals surface area contributed by atoms with E-state index < -0.39 is 17.7 Å². The van der Waals surface area contributed by atoms with Crippen LogP contribution in [0.4, 0.5) is 0 Å². The summed E-state index contributed by atoms with van der Waals surface area (Å²) in [5, 5.41) is 10.6. The number of amides is 1. The molecule has 1 aromatic carbocycles. The van der Waals surface area contributed by atoms with Gasteiger partial charge < -0.3 is 24.2 Å². The lowest BCUT2D eigenvalue weighted by atomic mass is 9.92. The Balaban J connectivity index is 2.54. The fraction of sp³-hybridized carbons (Fsp3) is 0.565. The highest BCUT2D eigenvalue weighted by atomic mass is 16.5. The zero-order valence-corrected chi connectivity index (χ0v) is 18.7. The van der Waals surface area contributed by atoms with Crippen LogP contribution in [0, 0.1) is 5.92 Å². The molecular weight excluding hydrogens is 386 g/mol. The van der Waals surface area contributed by atoms with E-state index in [9.17, 15) is 14.7 Å². The Kier molecular flexibility index (Phi) is 8.29. The summed E-state index contributed by atoms with van der Waals surface area (Å²) in [4.78, 5) is 27.2. The Labute approximate surface area is 178 Å². The van der Waals surface area contributed by atoms with Crippen molar-refractivity contribution in [2.45, 2.75) is 53.2 Å². The third kappa shape index (κ3) is 5.33. The number of aliphatic hydroxyl groups is 1. The number of hydrogen-bond donors (Lipinski definition) is 1. The van der Waals surface area contributed by atoms with Crippen molar-refractivity contribution < 1.29 is 28.9 Å². The quantitative estimate of drug-likeness (QED) is 0.587. The molecule has 0 radical (unpaired) electrons. The minimum absolute atomic E-state index is 0.0339. The molecule has 0 saturated heterocycles. The SMILES string of the molecule is CCOc1cc(C2C(C(=O)CC(C)C)=C(O)C(=O)N2CCOC)ccc1OC(C)C. The highest BCUT2D eigenvalue weighted by Crippen LogP contribution is 2.41. The Morgan fingerprint density at radius 2 is 1.90 bits per heavy atom. The van der Waals surface area contributed by atoms with Crippen molar-refractivity contribution in [3.8, 4) is 11.5 Å². The number of aliphatic hydroxyl groups excluding tert-OH is 1. The number of ether oxygens (including phenoxy) is 3. The average molecular weight is 420 g/mol. The zero-order valence-electron chi connectivity index (χ0n) is 18.7. The lowest BCUT2D eigenvalue weighted by molar-refractivity contribution is -0.130. The van der Waals surface area contributed by atoms with Gasteiger partial charge in [0.1, 0.15) is 0 Å². The summed E-state index contributed by atoms with van der Waals surface area (Å²) in [6.45, 7) is 10.5. The van der Waals surface area contributed by atoms with Crippen molar-refractivity contribution in [2.24, 2.45) is 5.92 Å². The average Bonchev–Trinajstić information content (AvgIpc) is 2.91. The molecule has 1 unspecified atom stereocenters. The molecular formula is C23H33NO6. The highest BCUT2D eigenvalue weighted by Gasteiger charge is 2.43. The fourth-order valence-corrected chi connectivity index (χ4v) is 3.50. The van der Waals surface area contributed by atoms with Crippen LogP contribution >= 0.6 is 0 Å². The molecule has 0 bridgehead atoms. The summed E-state index contributed by atoms with van der Waals surface area (Å²) in [6.07, 6.45) is 0.210. The number of ketones is 1. The summed E-state index contributed by atoms with van der Waals surface area (Å²) in [5.41, 5.74) is 0.806. The number of rotatable bonds is 11. The lowest BCUT2D eigenvalue weighted by Gasteiger charge is -2.27. The van der Waals surface area contributed by atoms with Gasteiger partial charge in [0, 0.05) is 20.1 Å². The van der Waals surface area contributed by atoms with Crippen molar-refractivity contribution in [2.75, 3.05) is 26.9 Å². The van der Waals surface area contributed by atoms with Gasteiger partial charge in [-0.1, -0.05) is 19.9 Å². The predicted octanol–water partition coefficient (Wildman–Crippen LogP) is 3.83. The first kappa shape index (κ1) is 23.7. The second-order valence-corrected chi connectivity index (χ2v) is 7.98. The number of carbonyl (C=O) groups is 2. The van der Waals surface area contributed by atoms with Crippen LogP contribution in [-0.2, 0) is 14.3 Å². The van der Waals surface area contributed by atoms with E-state index in [2.05, 4.69) is 0 Å². The van der Waals surface area contributed by atoms with Crippen molar-refractivity contribution in [3.63, 3.8) is 0 Å². The van der Waals surface area contributed by atoms with E-state index in [1.54, 1.807) is 25.3 Å². The Morgan fingerprint density at radius 3 is 2.47 bits per heavy atom. The van der Waals surface area contributed by atoms with Gasteiger partial charge >= 0.3 is 0 Å². The van der Waals surface area contributed by atoms with Crippen LogP contribution in [-0.4, -0.2) is 54.7 Å². The summed E-state index contributed by atoms with van der Waals surface area (Å²) in [6, 6.07) is 4.66. The summed E-state index contributed by atoms with van der Waals surface area (Å²) >= 11 is 0. The molecule has 1 aromatic rings. The van der Waals surface area contributed by atoms with E-state index in [-0.39, 0.29) is 43.0 Å². The van der Waals surface area contributed by atoms with Gasteiger partial charge in [0.15, 0.2) is 23.0 Å². The van der Waals surface area contributed by atoms with Crippen LogP contribution in [0.1, 0.15) is 52.6 Å². The lowest BCUT2D eigenvalue weighted by Crippen LogP contribution is -2.34. The first-order valence-electron chi connectivity index (χ1n) is 10.4. The minimum atomic E-state index is -0.703. The third-order valence-corrected chi connectivity index (χ3v) is 4.68. The van der Waals surface area contributed by atoms with Gasteiger partial charge in [-0.2, -0.15) is 0 Å². The number of hydrogen-bond acceptors (Lipinski definition) is 6. The minimum Gasteiger partial charge on any atom is -0.503 e. The molecule has 0 spiro atoms. The van der Waals surface area contributed by atoms with Crippen LogP contribution in [0.2, 0.25) is 0 Å². The number of methoxy groups -OCH3 is 1. The third-order valence-electron chi connectivity index (χ3n) is 4.68. The van der Waals surface area contributed by atoms with E-state index in [1.165, 1.54) is 4.90 Å². The molecule has 1 aliphatic rings. The summed E-state index contributed by atoms with van der Waals surface area (Å²) in [5.74, 6) is -0.0630. The molecule has 7 nitrogen and oxygen atoms in total. The van der Waals surface area contributed by atoms with E-state index in [1.807, 2.05) is 34.6 Å². The fourth-order valence-electron chi connectivity index (χ4n) is 3.50. The molecule has 1 atom stereocenters. The molecule has 1 N–H and O–H groups in total. The van der Waals surface area contributed by atoms with Crippen molar-refractivity contribution in [3.05, 3.63) is 35.1 Å². The number of Topliss-reactive ketones (excluding diaryl/α,β-unsaturated/α-hetero) is 1. The maximum Gasteiger partial charge on any atom is 0.290 e. The van der Waals surface area contributed by atoms with Crippen LogP contribution in [0.25, 0.3) is 0 Å². The van der Waals surface area contributed by atoms with Crippen LogP contribution in [0.15, 0.2) is 29.5 Å². The first-order chi connectivity index (χ1) is 14.2. The smallest absolute Gasteiger partial charge is 0.290 e. The molecule has 166 valence electrons. The largest absolute Gasteiger partial charge is 0.503 e. The van der Waals surface area contributed by atoms with Gasteiger partial charge in [-0.25, -0.2) is 0 Å². The van der Waals surface area contributed by atoms with Crippen molar-refractivity contribution in [1.29, 1.82) is 0 Å². The summed E-state index contributed by atoms with van der Waals surface area (Å²) < 4.78 is 16.7. The van der Waals surface area contributed by atoms with Gasteiger partial charge in [-0.15, -0.1) is 0 Å². The maximum atomic E-state index is 13.0. The highest BCUT2D eigenvalue weighted by molar-refractivity contribution is 6.09. The topological polar surface area (TPSA) is 85.3 Å². The Morgan fingerprint density at radius 1 is 1.20 bits per heavy atom.